The predicted molar refractivity (Wildman–Crippen MR) is 124 cm³/mol. The molecule has 0 radical (unpaired) electrons. The van der Waals surface area contributed by atoms with Gasteiger partial charge >= 0.3 is 0 Å². The van der Waals surface area contributed by atoms with Crippen molar-refractivity contribution in [3.8, 4) is 34.1 Å². The van der Waals surface area contributed by atoms with Crippen LogP contribution in [-0.4, -0.2) is 38.6 Å². The highest BCUT2D eigenvalue weighted by Crippen LogP contribution is 2.56. The minimum Gasteiger partial charge on any atom is -0.507 e. The number of fused-ring (bicyclic) bond motifs is 2. The number of alkyl halides is 1. The van der Waals surface area contributed by atoms with Gasteiger partial charge in [-0.1, -0.05) is 32.1 Å². The largest absolute Gasteiger partial charge is 0.507 e. The number of allylic oxidation sites excluding steroid dienone is 3. The molecule has 0 amide bonds. The number of methoxy groups -OCH3 is 1. The maximum atomic E-state index is 15.2. The van der Waals surface area contributed by atoms with Gasteiger partial charge in [0.15, 0.2) is 5.82 Å². The number of aromatic hydroxyl groups is 1. The van der Waals surface area contributed by atoms with Crippen LogP contribution in [0.2, 0.25) is 0 Å². The van der Waals surface area contributed by atoms with Gasteiger partial charge in [-0.25, -0.2) is 14.4 Å². The van der Waals surface area contributed by atoms with E-state index < -0.39 is 11.6 Å². The van der Waals surface area contributed by atoms with Crippen molar-refractivity contribution in [3.63, 3.8) is 0 Å². The Morgan fingerprint density at radius 2 is 1.91 bits per heavy atom. The van der Waals surface area contributed by atoms with Crippen LogP contribution >= 0.6 is 0 Å². The number of hydrogen-bond acceptors (Lipinski definition) is 6. The Morgan fingerprint density at radius 3 is 2.64 bits per heavy atom. The molecule has 0 unspecified atom stereocenters. The van der Waals surface area contributed by atoms with Crippen molar-refractivity contribution in [2.45, 2.75) is 32.9 Å². The standard InChI is InChI=1S/C26H25FN4O2/c1-25-7-8-26(2,15-25)23(27)18(13-25)10-19-14-29-24(31-30-19)20-5-4-16(11-21(20)32)17-6-9-28-22(12-17)33-3/h4-12,14,23,32H,13,15H2,1-3H3/b18-10+/t23-,25-,26-/m1/s1. The number of halogens is 1. The van der Waals surface area contributed by atoms with Crippen LogP contribution in [0.5, 0.6) is 11.6 Å². The normalized spacial score (nSPS) is 27.2. The van der Waals surface area contributed by atoms with Gasteiger partial charge in [-0.05, 0) is 59.2 Å². The SMILES string of the molecule is COc1cc(-c2ccc(-c3ncc(/C=C4\C[C@@]5(C)C=C[C@](C)(C5)[C@@H]4F)nn3)c(O)c2)ccn1. The fourth-order valence-electron chi connectivity index (χ4n) is 5.04. The van der Waals surface area contributed by atoms with E-state index in [1.165, 1.54) is 0 Å². The van der Waals surface area contributed by atoms with Crippen LogP contribution in [-0.2, 0) is 0 Å². The molecule has 5 rings (SSSR count). The number of pyridine rings is 1. The van der Waals surface area contributed by atoms with Crippen LogP contribution in [0, 0.1) is 10.8 Å². The molecule has 0 spiro atoms. The van der Waals surface area contributed by atoms with Gasteiger partial charge in [-0.2, -0.15) is 0 Å². The lowest BCUT2D eigenvalue weighted by Gasteiger charge is -2.40. The first-order chi connectivity index (χ1) is 15.8. The van der Waals surface area contributed by atoms with E-state index in [-0.39, 0.29) is 11.2 Å². The number of aromatic nitrogens is 4. The van der Waals surface area contributed by atoms with Gasteiger partial charge in [0, 0.05) is 17.7 Å². The molecular weight excluding hydrogens is 419 g/mol. The lowest BCUT2D eigenvalue weighted by Crippen LogP contribution is -2.36. The van der Waals surface area contributed by atoms with E-state index in [4.69, 9.17) is 4.74 Å². The maximum absolute atomic E-state index is 15.2. The van der Waals surface area contributed by atoms with Crippen molar-refractivity contribution in [1.82, 2.24) is 20.2 Å². The predicted octanol–water partition coefficient (Wildman–Crippen LogP) is 5.41. The third kappa shape index (κ3) is 3.88. The smallest absolute Gasteiger partial charge is 0.213 e. The summed E-state index contributed by atoms with van der Waals surface area (Å²) in [6, 6.07) is 8.88. The van der Waals surface area contributed by atoms with Crippen LogP contribution in [0.1, 0.15) is 32.4 Å². The Labute approximate surface area is 191 Å². The van der Waals surface area contributed by atoms with Crippen molar-refractivity contribution in [1.29, 1.82) is 0 Å². The van der Waals surface area contributed by atoms with E-state index in [2.05, 4.69) is 33.2 Å². The molecule has 2 heterocycles. The second kappa shape index (κ2) is 7.76. The number of phenols is 1. The van der Waals surface area contributed by atoms with Crippen molar-refractivity contribution in [2.24, 2.45) is 10.8 Å². The van der Waals surface area contributed by atoms with Gasteiger partial charge in [0.2, 0.25) is 5.88 Å². The van der Waals surface area contributed by atoms with Gasteiger partial charge in [-0.3, -0.25) is 0 Å². The van der Waals surface area contributed by atoms with Crippen molar-refractivity contribution < 1.29 is 14.2 Å². The Morgan fingerprint density at radius 1 is 1.09 bits per heavy atom. The number of rotatable bonds is 4. The fourth-order valence-corrected chi connectivity index (χ4v) is 5.04. The van der Waals surface area contributed by atoms with Gasteiger partial charge in [0.05, 0.1) is 18.9 Å². The van der Waals surface area contributed by atoms with Crippen LogP contribution in [0.3, 0.4) is 0 Å². The minimum absolute atomic E-state index is 0.0175. The fraction of sp³-hybridized carbons (Fsp3) is 0.308. The zero-order valence-electron chi connectivity index (χ0n) is 18.8. The number of benzene rings is 1. The third-order valence-electron chi connectivity index (χ3n) is 6.59. The van der Waals surface area contributed by atoms with E-state index in [9.17, 15) is 5.11 Å². The summed E-state index contributed by atoms with van der Waals surface area (Å²) in [4.78, 5) is 8.47. The summed E-state index contributed by atoms with van der Waals surface area (Å²) in [5.74, 6) is 0.832. The number of phenolic OH excluding ortho intramolecular Hbond substituents is 1. The molecule has 2 aromatic heterocycles. The minimum atomic E-state index is -1.05. The highest BCUT2D eigenvalue weighted by atomic mass is 19.1. The average Bonchev–Trinajstić information content (AvgIpc) is 3.09. The Kier molecular flexibility index (Phi) is 5.00. The second-order valence-electron chi connectivity index (χ2n) is 9.45. The van der Waals surface area contributed by atoms with Gasteiger partial charge in [0.1, 0.15) is 17.6 Å². The van der Waals surface area contributed by atoms with E-state index in [1.54, 1.807) is 43.8 Å². The molecule has 3 atom stereocenters. The molecule has 1 fully saturated rings. The van der Waals surface area contributed by atoms with Gasteiger partial charge in [0.25, 0.3) is 0 Å². The molecule has 0 saturated heterocycles. The summed E-state index contributed by atoms with van der Waals surface area (Å²) < 4.78 is 20.3. The lowest BCUT2D eigenvalue weighted by molar-refractivity contribution is 0.127. The van der Waals surface area contributed by atoms with E-state index in [0.29, 0.717) is 29.4 Å². The topological polar surface area (TPSA) is 81.0 Å². The zero-order chi connectivity index (χ0) is 23.2. The summed E-state index contributed by atoms with van der Waals surface area (Å²) >= 11 is 0. The zero-order valence-corrected chi connectivity index (χ0v) is 18.8. The average molecular weight is 445 g/mol. The van der Waals surface area contributed by atoms with Crippen molar-refractivity contribution in [2.75, 3.05) is 7.11 Å². The molecule has 1 N–H and O–H groups in total. The first kappa shape index (κ1) is 21.2. The van der Waals surface area contributed by atoms with Crippen LogP contribution in [0.15, 0.2) is 60.5 Å². The Bertz CT molecular complexity index is 1270. The Balaban J connectivity index is 1.39. The molecule has 2 bridgehead atoms. The highest BCUT2D eigenvalue weighted by Gasteiger charge is 2.50. The van der Waals surface area contributed by atoms with Crippen LogP contribution in [0.25, 0.3) is 28.6 Å². The molecule has 3 aromatic rings. The molecule has 6 nitrogen and oxygen atoms in total. The highest BCUT2D eigenvalue weighted by molar-refractivity contribution is 5.73. The first-order valence-electron chi connectivity index (χ1n) is 10.9. The summed E-state index contributed by atoms with van der Waals surface area (Å²) in [6.45, 7) is 4.13. The van der Waals surface area contributed by atoms with Crippen molar-refractivity contribution >= 4 is 6.08 Å². The van der Waals surface area contributed by atoms with Crippen molar-refractivity contribution in [3.05, 3.63) is 66.1 Å². The molecule has 168 valence electrons. The molecular formula is C26H25FN4O2. The summed E-state index contributed by atoms with van der Waals surface area (Å²) in [5, 5.41) is 19.0. The van der Waals surface area contributed by atoms with Crippen LogP contribution in [0.4, 0.5) is 4.39 Å². The maximum Gasteiger partial charge on any atom is 0.213 e. The van der Waals surface area contributed by atoms with E-state index in [1.807, 2.05) is 25.1 Å². The van der Waals surface area contributed by atoms with Gasteiger partial charge < -0.3 is 9.84 Å². The third-order valence-corrected chi connectivity index (χ3v) is 6.59. The first-order valence-corrected chi connectivity index (χ1v) is 10.9. The molecule has 2 aliphatic carbocycles. The van der Waals surface area contributed by atoms with Crippen LogP contribution < -0.4 is 4.74 Å². The molecule has 7 heteroatoms. The monoisotopic (exact) mass is 444 g/mol. The molecule has 1 aromatic carbocycles. The molecule has 2 aliphatic rings. The van der Waals surface area contributed by atoms with E-state index in [0.717, 1.165) is 23.1 Å². The Hall–Kier alpha value is -3.61. The molecule has 33 heavy (non-hydrogen) atoms. The molecule has 1 saturated carbocycles. The number of ether oxygens (including phenoxy) is 1. The number of hydrogen-bond donors (Lipinski definition) is 1. The second-order valence-corrected chi connectivity index (χ2v) is 9.45. The van der Waals surface area contributed by atoms with Gasteiger partial charge in [-0.15, -0.1) is 10.2 Å². The quantitative estimate of drug-likeness (QED) is 0.542. The summed E-state index contributed by atoms with van der Waals surface area (Å²) in [7, 11) is 1.56. The molecule has 0 aliphatic heterocycles. The van der Waals surface area contributed by atoms with E-state index >= 15 is 4.39 Å². The lowest BCUT2D eigenvalue weighted by atomic mass is 9.66. The summed E-state index contributed by atoms with van der Waals surface area (Å²) in [5.41, 5.74) is 2.88. The number of nitrogens with zero attached hydrogens (tertiary/aromatic N) is 4. The summed E-state index contributed by atoms with van der Waals surface area (Å²) in [6.07, 6.45) is 9.57.